The molecule has 0 aromatic heterocycles. The minimum Gasteiger partial charge on any atom is -0.426 e. The molecule has 3 aliphatic rings. The van der Waals surface area contributed by atoms with Crippen LogP contribution in [-0.4, -0.2) is 19.1 Å². The highest BCUT2D eigenvalue weighted by atomic mass is 16.5. The highest BCUT2D eigenvalue weighted by Gasteiger charge is 2.30. The molecule has 112 valence electrons. The van der Waals surface area contributed by atoms with Gasteiger partial charge < -0.3 is 9.64 Å². The van der Waals surface area contributed by atoms with Crippen LogP contribution in [0, 0.1) is 11.8 Å². The number of anilines is 1. The maximum Gasteiger partial charge on any atom is 0.311 e. The minimum absolute atomic E-state index is 0.0944. The van der Waals surface area contributed by atoms with Gasteiger partial charge in [0.25, 0.3) is 0 Å². The number of hydrogen-bond donors (Lipinski definition) is 0. The van der Waals surface area contributed by atoms with Crippen LogP contribution in [-0.2, 0) is 4.79 Å². The van der Waals surface area contributed by atoms with Gasteiger partial charge in [0.15, 0.2) is 0 Å². The van der Waals surface area contributed by atoms with Gasteiger partial charge in [0.2, 0.25) is 0 Å². The summed E-state index contributed by atoms with van der Waals surface area (Å²) in [4.78, 5) is 14.2. The first kappa shape index (κ1) is 13.2. The second kappa shape index (κ2) is 5.04. The minimum atomic E-state index is -0.0944. The molecule has 1 atom stereocenters. The van der Waals surface area contributed by atoms with E-state index in [1.807, 2.05) is 0 Å². The lowest BCUT2D eigenvalue weighted by Gasteiger charge is -2.28. The van der Waals surface area contributed by atoms with Crippen molar-refractivity contribution in [1.82, 2.24) is 0 Å². The van der Waals surface area contributed by atoms with E-state index < -0.39 is 0 Å². The molecule has 3 heteroatoms. The Kier molecular flexibility index (Phi) is 3.16. The van der Waals surface area contributed by atoms with E-state index >= 15 is 0 Å². The Morgan fingerprint density at radius 1 is 1.14 bits per heavy atom. The summed E-state index contributed by atoms with van der Waals surface area (Å²) in [6.07, 6.45) is 5.99. The van der Waals surface area contributed by atoms with Gasteiger partial charge in [0.1, 0.15) is 5.75 Å². The Bertz CT molecular complexity index is 546. The summed E-state index contributed by atoms with van der Waals surface area (Å²) < 4.78 is 5.47. The van der Waals surface area contributed by atoms with E-state index in [9.17, 15) is 4.79 Å². The van der Waals surface area contributed by atoms with Gasteiger partial charge >= 0.3 is 5.97 Å². The van der Waals surface area contributed by atoms with Gasteiger partial charge in [-0.15, -0.1) is 0 Å². The molecule has 0 saturated heterocycles. The molecular formula is C18H23NO2. The lowest BCUT2D eigenvalue weighted by atomic mass is 9.94. The molecule has 0 amide bonds. The molecular weight excluding hydrogens is 262 g/mol. The molecule has 1 aromatic carbocycles. The van der Waals surface area contributed by atoms with E-state index in [0.717, 1.165) is 17.6 Å². The van der Waals surface area contributed by atoms with E-state index in [1.54, 1.807) is 0 Å². The average molecular weight is 285 g/mol. The Labute approximate surface area is 126 Å². The molecule has 0 N–H and O–H groups in total. The number of benzene rings is 1. The van der Waals surface area contributed by atoms with Crippen molar-refractivity contribution in [3.63, 3.8) is 0 Å². The topological polar surface area (TPSA) is 29.5 Å². The quantitative estimate of drug-likeness (QED) is 0.610. The van der Waals surface area contributed by atoms with E-state index in [1.165, 1.54) is 50.0 Å². The number of ether oxygens (including phenoxy) is 1. The van der Waals surface area contributed by atoms with Crippen LogP contribution >= 0.6 is 0 Å². The Morgan fingerprint density at radius 3 is 2.43 bits per heavy atom. The molecule has 4 rings (SSSR count). The van der Waals surface area contributed by atoms with Crippen molar-refractivity contribution < 1.29 is 9.53 Å². The molecule has 1 unspecified atom stereocenters. The van der Waals surface area contributed by atoms with Crippen LogP contribution < -0.4 is 9.64 Å². The zero-order valence-electron chi connectivity index (χ0n) is 12.7. The number of carbonyl (C=O) groups excluding carboxylic acids is 1. The smallest absolute Gasteiger partial charge is 0.311 e. The standard InChI is InChI=1S/C18H23NO2/c1-12-8-18(20)21-17-9-15(6-7-16(12)17)19(10-13-2-3-13)11-14-4-5-14/h6-7,9,12-14H,2-5,8,10-11H2,1H3. The second-order valence-electron chi connectivity index (χ2n) is 7.09. The first-order valence-corrected chi connectivity index (χ1v) is 8.28. The van der Waals surface area contributed by atoms with Crippen molar-refractivity contribution in [2.24, 2.45) is 11.8 Å². The van der Waals surface area contributed by atoms with Crippen molar-refractivity contribution in [2.45, 2.75) is 44.9 Å². The second-order valence-corrected chi connectivity index (χ2v) is 7.09. The van der Waals surface area contributed by atoms with E-state index in [-0.39, 0.29) is 11.9 Å². The molecule has 0 radical (unpaired) electrons. The molecule has 2 aliphatic carbocycles. The number of esters is 1. The fraction of sp³-hybridized carbons (Fsp3) is 0.611. The average Bonchev–Trinajstić information content (AvgIpc) is 3.32. The molecule has 2 fully saturated rings. The summed E-state index contributed by atoms with van der Waals surface area (Å²) in [6.45, 7) is 4.43. The molecule has 3 nitrogen and oxygen atoms in total. The normalized spacial score (nSPS) is 24.4. The predicted molar refractivity (Wildman–Crippen MR) is 82.8 cm³/mol. The highest BCUT2D eigenvalue weighted by molar-refractivity contribution is 5.77. The van der Waals surface area contributed by atoms with Crippen molar-refractivity contribution in [2.75, 3.05) is 18.0 Å². The van der Waals surface area contributed by atoms with Crippen LogP contribution in [0.25, 0.3) is 0 Å². The van der Waals surface area contributed by atoms with Gasteiger partial charge in [-0.2, -0.15) is 0 Å². The van der Waals surface area contributed by atoms with Crippen molar-refractivity contribution in [1.29, 1.82) is 0 Å². The number of rotatable bonds is 5. The number of nitrogens with zero attached hydrogens (tertiary/aromatic N) is 1. The fourth-order valence-corrected chi connectivity index (χ4v) is 3.25. The van der Waals surface area contributed by atoms with Crippen LogP contribution in [0.2, 0.25) is 0 Å². The molecule has 2 saturated carbocycles. The molecule has 21 heavy (non-hydrogen) atoms. The van der Waals surface area contributed by atoms with E-state index in [0.29, 0.717) is 6.42 Å². The van der Waals surface area contributed by atoms with Crippen LogP contribution in [0.1, 0.15) is 50.5 Å². The summed E-state index contributed by atoms with van der Waals surface area (Å²) >= 11 is 0. The molecule has 1 heterocycles. The van der Waals surface area contributed by atoms with Gasteiger partial charge in [0.05, 0.1) is 6.42 Å². The Morgan fingerprint density at radius 2 is 1.81 bits per heavy atom. The fourth-order valence-electron chi connectivity index (χ4n) is 3.25. The monoisotopic (exact) mass is 285 g/mol. The van der Waals surface area contributed by atoms with Crippen molar-refractivity contribution in [3.8, 4) is 5.75 Å². The third-order valence-electron chi connectivity index (χ3n) is 4.94. The van der Waals surface area contributed by atoms with Gasteiger partial charge in [-0.25, -0.2) is 0 Å². The zero-order chi connectivity index (χ0) is 14.4. The van der Waals surface area contributed by atoms with Crippen LogP contribution in [0.15, 0.2) is 18.2 Å². The SMILES string of the molecule is CC1CC(=O)Oc2cc(N(CC3CC3)CC3CC3)ccc21. The van der Waals surface area contributed by atoms with Crippen LogP contribution in [0.4, 0.5) is 5.69 Å². The van der Waals surface area contributed by atoms with Crippen LogP contribution in [0.3, 0.4) is 0 Å². The third kappa shape index (κ3) is 2.92. The Balaban J connectivity index is 1.59. The van der Waals surface area contributed by atoms with Crippen LogP contribution in [0.5, 0.6) is 5.75 Å². The van der Waals surface area contributed by atoms with Gasteiger partial charge in [0, 0.05) is 24.8 Å². The maximum absolute atomic E-state index is 11.7. The highest BCUT2D eigenvalue weighted by Crippen LogP contribution is 2.39. The van der Waals surface area contributed by atoms with E-state index in [2.05, 4.69) is 30.0 Å². The summed E-state index contributed by atoms with van der Waals surface area (Å²) in [6, 6.07) is 6.47. The lowest BCUT2D eigenvalue weighted by Crippen LogP contribution is -2.28. The lowest BCUT2D eigenvalue weighted by molar-refractivity contribution is -0.135. The molecule has 0 spiro atoms. The summed E-state index contributed by atoms with van der Waals surface area (Å²) in [5.41, 5.74) is 2.41. The molecule has 1 aliphatic heterocycles. The molecule has 0 bridgehead atoms. The first-order chi connectivity index (χ1) is 10.2. The third-order valence-corrected chi connectivity index (χ3v) is 4.94. The predicted octanol–water partition coefficient (Wildman–Crippen LogP) is 3.73. The first-order valence-electron chi connectivity index (χ1n) is 8.28. The van der Waals surface area contributed by atoms with Gasteiger partial charge in [-0.1, -0.05) is 13.0 Å². The summed E-state index contributed by atoms with van der Waals surface area (Å²) in [7, 11) is 0. The Hall–Kier alpha value is -1.51. The number of carbonyl (C=O) groups is 1. The zero-order valence-corrected chi connectivity index (χ0v) is 12.7. The van der Waals surface area contributed by atoms with E-state index in [4.69, 9.17) is 4.74 Å². The summed E-state index contributed by atoms with van der Waals surface area (Å²) in [5.74, 6) is 2.72. The molecule has 1 aromatic rings. The maximum atomic E-state index is 11.7. The van der Waals surface area contributed by atoms with Gasteiger partial charge in [-0.3, -0.25) is 4.79 Å². The largest absolute Gasteiger partial charge is 0.426 e. The summed E-state index contributed by atoms with van der Waals surface area (Å²) in [5, 5.41) is 0. The van der Waals surface area contributed by atoms with Crippen molar-refractivity contribution in [3.05, 3.63) is 23.8 Å². The number of fused-ring (bicyclic) bond motifs is 1. The number of hydrogen-bond acceptors (Lipinski definition) is 3. The van der Waals surface area contributed by atoms with Crippen molar-refractivity contribution >= 4 is 11.7 Å². The van der Waals surface area contributed by atoms with Gasteiger partial charge in [-0.05, 0) is 55.1 Å².